The van der Waals surface area contributed by atoms with Crippen LogP contribution in [0.2, 0.25) is 0 Å². The summed E-state index contributed by atoms with van der Waals surface area (Å²) < 4.78 is 33.6. The SMILES string of the molecule is CCOc1ccc(C(C)NC(=O)C(CC(C)C)NS(=O)(=O)c2ccc(C)cc2)cc1. The molecule has 2 aromatic rings. The molecular formula is C23H32N2O4S. The Bertz CT molecular complexity index is 923. The van der Waals surface area contributed by atoms with E-state index in [2.05, 4.69) is 10.0 Å². The fourth-order valence-corrected chi connectivity index (χ4v) is 4.28. The van der Waals surface area contributed by atoms with E-state index in [1.165, 1.54) is 0 Å². The molecule has 30 heavy (non-hydrogen) atoms. The number of rotatable bonds is 10. The average Bonchev–Trinajstić information content (AvgIpc) is 2.68. The molecule has 0 aliphatic heterocycles. The minimum atomic E-state index is -3.81. The highest BCUT2D eigenvalue weighted by atomic mass is 32.2. The van der Waals surface area contributed by atoms with Crippen LogP contribution in [0.1, 0.15) is 51.3 Å². The largest absolute Gasteiger partial charge is 0.494 e. The van der Waals surface area contributed by atoms with Crippen LogP contribution >= 0.6 is 0 Å². The van der Waals surface area contributed by atoms with Crippen LogP contribution in [0.3, 0.4) is 0 Å². The van der Waals surface area contributed by atoms with Gasteiger partial charge in [0.25, 0.3) is 0 Å². The fraction of sp³-hybridized carbons (Fsp3) is 0.435. The van der Waals surface area contributed by atoms with Crippen LogP contribution in [0.4, 0.5) is 0 Å². The third kappa shape index (κ3) is 6.85. The number of hydrogen-bond donors (Lipinski definition) is 2. The van der Waals surface area contributed by atoms with E-state index in [0.29, 0.717) is 13.0 Å². The molecule has 0 aromatic heterocycles. The van der Waals surface area contributed by atoms with Crippen LogP contribution in [-0.2, 0) is 14.8 Å². The summed E-state index contributed by atoms with van der Waals surface area (Å²) in [5, 5.41) is 2.93. The van der Waals surface area contributed by atoms with Crippen molar-refractivity contribution in [1.29, 1.82) is 0 Å². The van der Waals surface area contributed by atoms with Gasteiger partial charge in [-0.15, -0.1) is 0 Å². The maximum Gasteiger partial charge on any atom is 0.241 e. The molecule has 2 unspecified atom stereocenters. The van der Waals surface area contributed by atoms with Gasteiger partial charge in [-0.3, -0.25) is 4.79 Å². The Morgan fingerprint density at radius 2 is 1.60 bits per heavy atom. The van der Waals surface area contributed by atoms with Crippen molar-refractivity contribution < 1.29 is 17.9 Å². The summed E-state index contributed by atoms with van der Waals surface area (Å²) in [6.45, 7) is 10.2. The van der Waals surface area contributed by atoms with Crippen molar-refractivity contribution in [2.45, 2.75) is 58.0 Å². The van der Waals surface area contributed by atoms with Crippen LogP contribution in [0.25, 0.3) is 0 Å². The highest BCUT2D eigenvalue weighted by Crippen LogP contribution is 2.19. The van der Waals surface area contributed by atoms with Crippen molar-refractivity contribution >= 4 is 15.9 Å². The first-order valence-corrected chi connectivity index (χ1v) is 11.7. The van der Waals surface area contributed by atoms with E-state index in [1.54, 1.807) is 24.3 Å². The molecule has 1 amide bonds. The van der Waals surface area contributed by atoms with Gasteiger partial charge in [-0.1, -0.05) is 43.7 Å². The monoisotopic (exact) mass is 432 g/mol. The molecule has 2 N–H and O–H groups in total. The predicted molar refractivity (Wildman–Crippen MR) is 119 cm³/mol. The number of amides is 1. The Hall–Kier alpha value is -2.38. The molecule has 0 saturated heterocycles. The van der Waals surface area contributed by atoms with Crippen LogP contribution in [0.5, 0.6) is 5.75 Å². The number of sulfonamides is 1. The summed E-state index contributed by atoms with van der Waals surface area (Å²) in [6, 6.07) is 12.9. The molecule has 2 atom stereocenters. The number of benzene rings is 2. The average molecular weight is 433 g/mol. The van der Waals surface area contributed by atoms with Crippen LogP contribution in [-0.4, -0.2) is 27.0 Å². The maximum absolute atomic E-state index is 12.9. The highest BCUT2D eigenvalue weighted by molar-refractivity contribution is 7.89. The maximum atomic E-state index is 12.9. The van der Waals surface area contributed by atoms with E-state index >= 15 is 0 Å². The zero-order chi connectivity index (χ0) is 22.3. The van der Waals surface area contributed by atoms with Crippen molar-refractivity contribution in [1.82, 2.24) is 10.0 Å². The molecule has 0 aliphatic carbocycles. The lowest BCUT2D eigenvalue weighted by molar-refractivity contribution is -0.123. The van der Waals surface area contributed by atoms with Crippen molar-refractivity contribution in [3.8, 4) is 5.75 Å². The molecule has 2 rings (SSSR count). The third-order valence-corrected chi connectivity index (χ3v) is 6.19. The van der Waals surface area contributed by atoms with Gasteiger partial charge in [0, 0.05) is 0 Å². The summed E-state index contributed by atoms with van der Waals surface area (Å²) in [6.07, 6.45) is 0.396. The summed E-state index contributed by atoms with van der Waals surface area (Å²) >= 11 is 0. The minimum Gasteiger partial charge on any atom is -0.494 e. The number of carbonyl (C=O) groups excluding carboxylic acids is 1. The lowest BCUT2D eigenvalue weighted by Crippen LogP contribution is -2.47. The highest BCUT2D eigenvalue weighted by Gasteiger charge is 2.27. The Morgan fingerprint density at radius 1 is 1.00 bits per heavy atom. The Kier molecular flexibility index (Phi) is 8.43. The van der Waals surface area contributed by atoms with Gasteiger partial charge in [0.15, 0.2) is 0 Å². The normalized spacial score (nSPS) is 13.7. The lowest BCUT2D eigenvalue weighted by atomic mass is 10.0. The summed E-state index contributed by atoms with van der Waals surface area (Å²) in [4.78, 5) is 13.1. The predicted octanol–water partition coefficient (Wildman–Crippen LogP) is 3.96. The topological polar surface area (TPSA) is 84.5 Å². The Morgan fingerprint density at radius 3 is 2.13 bits per heavy atom. The molecule has 0 bridgehead atoms. The van der Waals surface area contributed by atoms with Crippen molar-refractivity contribution in [2.24, 2.45) is 5.92 Å². The first-order chi connectivity index (χ1) is 14.1. The van der Waals surface area contributed by atoms with Gasteiger partial charge in [-0.25, -0.2) is 8.42 Å². The van der Waals surface area contributed by atoms with E-state index < -0.39 is 16.1 Å². The number of nitrogens with one attached hydrogen (secondary N) is 2. The molecule has 7 heteroatoms. The molecule has 0 saturated carbocycles. The molecule has 0 radical (unpaired) electrons. The summed E-state index contributed by atoms with van der Waals surface area (Å²) in [5.41, 5.74) is 1.88. The molecule has 0 heterocycles. The Balaban J connectivity index is 2.13. The van der Waals surface area contributed by atoms with Crippen LogP contribution in [0, 0.1) is 12.8 Å². The summed E-state index contributed by atoms with van der Waals surface area (Å²) in [7, 11) is -3.81. The molecule has 0 fully saturated rings. The zero-order valence-corrected chi connectivity index (χ0v) is 19.1. The minimum absolute atomic E-state index is 0.141. The van der Waals surface area contributed by atoms with Gasteiger partial charge >= 0.3 is 0 Å². The second kappa shape index (κ2) is 10.6. The van der Waals surface area contributed by atoms with Gasteiger partial charge in [0.05, 0.1) is 17.5 Å². The van der Waals surface area contributed by atoms with Crippen molar-refractivity contribution in [2.75, 3.05) is 6.61 Å². The first kappa shape index (κ1) is 23.9. The van der Waals surface area contributed by atoms with Gasteiger partial charge in [-0.05, 0) is 62.9 Å². The van der Waals surface area contributed by atoms with E-state index in [9.17, 15) is 13.2 Å². The van der Waals surface area contributed by atoms with Gasteiger partial charge in [0.2, 0.25) is 15.9 Å². The van der Waals surface area contributed by atoms with E-state index in [0.717, 1.165) is 16.9 Å². The second-order valence-electron chi connectivity index (χ2n) is 7.85. The van der Waals surface area contributed by atoms with E-state index in [4.69, 9.17) is 4.74 Å². The van der Waals surface area contributed by atoms with Gasteiger partial charge in [0.1, 0.15) is 11.8 Å². The number of ether oxygens (including phenoxy) is 1. The molecule has 2 aromatic carbocycles. The quantitative estimate of drug-likeness (QED) is 0.595. The molecule has 0 aliphatic rings. The van der Waals surface area contributed by atoms with Crippen LogP contribution in [0.15, 0.2) is 53.4 Å². The molecule has 164 valence electrons. The lowest BCUT2D eigenvalue weighted by Gasteiger charge is -2.23. The first-order valence-electron chi connectivity index (χ1n) is 10.2. The molecule has 0 spiro atoms. The summed E-state index contributed by atoms with van der Waals surface area (Å²) in [5.74, 6) is 0.561. The Labute approximate surface area is 180 Å². The smallest absolute Gasteiger partial charge is 0.241 e. The van der Waals surface area contributed by atoms with E-state index in [1.807, 2.05) is 58.9 Å². The second-order valence-corrected chi connectivity index (χ2v) is 9.56. The van der Waals surface area contributed by atoms with Crippen LogP contribution < -0.4 is 14.8 Å². The number of carbonyl (C=O) groups is 1. The number of aryl methyl sites for hydroxylation is 1. The number of hydrogen-bond acceptors (Lipinski definition) is 4. The van der Waals surface area contributed by atoms with Gasteiger partial charge in [-0.2, -0.15) is 4.72 Å². The van der Waals surface area contributed by atoms with Gasteiger partial charge < -0.3 is 10.1 Å². The molecular weight excluding hydrogens is 400 g/mol. The van der Waals surface area contributed by atoms with Crippen molar-refractivity contribution in [3.05, 3.63) is 59.7 Å². The fourth-order valence-electron chi connectivity index (χ4n) is 3.07. The standard InChI is InChI=1S/C23H32N2O4S/c1-6-29-20-11-9-19(10-12-20)18(5)24-23(26)22(15-16(2)3)25-30(27,28)21-13-7-17(4)8-14-21/h7-14,16,18,22,25H,6,15H2,1-5H3,(H,24,26). The third-order valence-electron chi connectivity index (χ3n) is 4.70. The van der Waals surface area contributed by atoms with E-state index in [-0.39, 0.29) is 22.8 Å². The zero-order valence-electron chi connectivity index (χ0n) is 18.3. The van der Waals surface area contributed by atoms with Crippen molar-refractivity contribution in [3.63, 3.8) is 0 Å². The molecule has 6 nitrogen and oxygen atoms in total.